The van der Waals surface area contributed by atoms with Crippen molar-refractivity contribution in [3.05, 3.63) is 29.8 Å². The highest BCUT2D eigenvalue weighted by atomic mass is 16.2. The average molecular weight is 372 g/mol. The Morgan fingerprint density at radius 2 is 1.85 bits per heavy atom. The summed E-state index contributed by atoms with van der Waals surface area (Å²) in [6.45, 7) is 4.94. The van der Waals surface area contributed by atoms with Crippen LogP contribution >= 0.6 is 0 Å². The number of rotatable bonds is 6. The molecule has 1 spiro atoms. The lowest BCUT2D eigenvalue weighted by Gasteiger charge is -2.20. The van der Waals surface area contributed by atoms with Crippen LogP contribution < -0.4 is 16.0 Å². The molecule has 7 nitrogen and oxygen atoms in total. The second kappa shape index (κ2) is 7.98. The van der Waals surface area contributed by atoms with Crippen molar-refractivity contribution in [3.63, 3.8) is 0 Å². The van der Waals surface area contributed by atoms with Crippen molar-refractivity contribution in [1.82, 2.24) is 15.5 Å². The Kier molecular flexibility index (Phi) is 5.68. The Morgan fingerprint density at radius 1 is 1.19 bits per heavy atom. The van der Waals surface area contributed by atoms with Crippen molar-refractivity contribution in [2.75, 3.05) is 18.4 Å². The zero-order valence-corrected chi connectivity index (χ0v) is 16.0. The summed E-state index contributed by atoms with van der Waals surface area (Å²) in [4.78, 5) is 37.9. The van der Waals surface area contributed by atoms with Gasteiger partial charge in [0.25, 0.3) is 5.91 Å². The van der Waals surface area contributed by atoms with Gasteiger partial charge in [-0.15, -0.1) is 0 Å². The first-order valence-corrected chi connectivity index (χ1v) is 9.70. The van der Waals surface area contributed by atoms with Crippen LogP contribution in [-0.2, 0) is 4.79 Å². The number of hydrogen-bond acceptors (Lipinski definition) is 3. The smallest absolute Gasteiger partial charge is 0.325 e. The maximum Gasteiger partial charge on any atom is 0.325 e. The lowest BCUT2D eigenvalue weighted by molar-refractivity contribution is -0.131. The molecule has 0 atom stereocenters. The highest BCUT2D eigenvalue weighted by Gasteiger charge is 2.51. The number of anilines is 1. The summed E-state index contributed by atoms with van der Waals surface area (Å²) >= 11 is 0. The van der Waals surface area contributed by atoms with Crippen molar-refractivity contribution in [3.8, 4) is 0 Å². The first kappa shape index (κ1) is 19.2. The third-order valence-corrected chi connectivity index (χ3v) is 5.38. The van der Waals surface area contributed by atoms with Gasteiger partial charge >= 0.3 is 12.1 Å². The second-order valence-electron chi connectivity index (χ2n) is 7.69. The number of benzene rings is 1. The number of nitrogens with one attached hydrogen (secondary N) is 3. The van der Waals surface area contributed by atoms with Gasteiger partial charge < -0.3 is 16.0 Å². The molecule has 1 heterocycles. The molecular weight excluding hydrogens is 344 g/mol. The molecule has 3 rings (SSSR count). The third kappa shape index (κ3) is 4.23. The molecule has 1 saturated heterocycles. The van der Waals surface area contributed by atoms with Gasteiger partial charge in [-0.25, -0.2) is 9.59 Å². The fourth-order valence-corrected chi connectivity index (χ4v) is 3.76. The fourth-order valence-electron chi connectivity index (χ4n) is 3.76. The first-order valence-electron chi connectivity index (χ1n) is 9.70. The topological polar surface area (TPSA) is 90.5 Å². The molecule has 2 aliphatic rings. The van der Waals surface area contributed by atoms with Gasteiger partial charge in [0.15, 0.2) is 0 Å². The molecule has 1 aromatic rings. The number of urea groups is 2. The number of hydrogen-bond donors (Lipinski definition) is 3. The molecule has 146 valence electrons. The molecule has 1 saturated carbocycles. The maximum atomic E-state index is 12.5. The molecule has 1 aliphatic carbocycles. The number of carbonyl (C=O) groups excluding carboxylic acids is 3. The van der Waals surface area contributed by atoms with Gasteiger partial charge in [0, 0.05) is 18.8 Å². The normalized spacial score (nSPS) is 18.3. The van der Waals surface area contributed by atoms with Gasteiger partial charge in [0.05, 0.1) is 0 Å². The van der Waals surface area contributed by atoms with Gasteiger partial charge in [-0.2, -0.15) is 0 Å². The summed E-state index contributed by atoms with van der Waals surface area (Å²) in [7, 11) is 0. The number of amides is 5. The molecule has 5 amide bonds. The summed E-state index contributed by atoms with van der Waals surface area (Å²) < 4.78 is 0. The van der Waals surface area contributed by atoms with Gasteiger partial charge in [-0.1, -0.05) is 38.8 Å². The summed E-state index contributed by atoms with van der Waals surface area (Å²) in [5, 5.41) is 8.41. The first-order chi connectivity index (χ1) is 12.9. The predicted octanol–water partition coefficient (Wildman–Crippen LogP) is 3.19. The summed E-state index contributed by atoms with van der Waals surface area (Å²) in [5.74, 6) is 0.335. The zero-order valence-electron chi connectivity index (χ0n) is 16.0. The van der Waals surface area contributed by atoms with Crippen molar-refractivity contribution in [1.29, 1.82) is 0 Å². The third-order valence-electron chi connectivity index (χ3n) is 5.38. The van der Waals surface area contributed by atoms with Crippen LogP contribution in [0.25, 0.3) is 0 Å². The minimum atomic E-state index is -0.663. The van der Waals surface area contributed by atoms with E-state index in [-0.39, 0.29) is 18.0 Å². The van der Waals surface area contributed by atoms with E-state index in [1.54, 1.807) is 0 Å². The SMILES string of the molecule is CC(C)c1ccc(NC(=O)NCCCN2C(=O)NC3(CCCC3)C2=O)cc1. The van der Waals surface area contributed by atoms with Crippen LogP contribution in [0.15, 0.2) is 24.3 Å². The maximum absolute atomic E-state index is 12.5. The van der Waals surface area contributed by atoms with E-state index in [0.717, 1.165) is 31.4 Å². The van der Waals surface area contributed by atoms with E-state index in [9.17, 15) is 14.4 Å². The van der Waals surface area contributed by atoms with E-state index >= 15 is 0 Å². The van der Waals surface area contributed by atoms with Crippen LogP contribution in [0.5, 0.6) is 0 Å². The Morgan fingerprint density at radius 3 is 2.48 bits per heavy atom. The Bertz CT molecular complexity index is 708. The molecular formula is C20H28N4O3. The molecule has 7 heteroatoms. The molecule has 2 fully saturated rings. The van der Waals surface area contributed by atoms with Gasteiger partial charge in [-0.3, -0.25) is 9.69 Å². The molecule has 0 unspecified atom stereocenters. The Labute approximate surface area is 159 Å². The molecule has 0 radical (unpaired) electrons. The number of imide groups is 1. The minimum Gasteiger partial charge on any atom is -0.338 e. The molecule has 0 bridgehead atoms. The van der Waals surface area contributed by atoms with Crippen LogP contribution in [0.1, 0.15) is 57.4 Å². The van der Waals surface area contributed by atoms with E-state index in [4.69, 9.17) is 0 Å². The van der Waals surface area contributed by atoms with E-state index < -0.39 is 5.54 Å². The standard InChI is InChI=1S/C20H28N4O3/c1-14(2)15-6-8-16(9-7-15)22-18(26)21-12-5-13-24-17(25)20(23-19(24)27)10-3-4-11-20/h6-9,14H,3-5,10-13H2,1-2H3,(H,23,27)(H2,21,22,26). The van der Waals surface area contributed by atoms with Crippen molar-refractivity contribution >= 4 is 23.7 Å². The van der Waals surface area contributed by atoms with Gasteiger partial charge in [-0.05, 0) is 42.9 Å². The fraction of sp³-hybridized carbons (Fsp3) is 0.550. The Hall–Kier alpha value is -2.57. The lowest BCUT2D eigenvalue weighted by Crippen LogP contribution is -2.44. The quantitative estimate of drug-likeness (QED) is 0.529. The summed E-state index contributed by atoms with van der Waals surface area (Å²) in [6.07, 6.45) is 3.92. The van der Waals surface area contributed by atoms with E-state index in [1.165, 1.54) is 10.5 Å². The lowest BCUT2D eigenvalue weighted by atomic mass is 9.98. The largest absolute Gasteiger partial charge is 0.338 e. The van der Waals surface area contributed by atoms with E-state index in [1.807, 2.05) is 24.3 Å². The molecule has 3 N–H and O–H groups in total. The van der Waals surface area contributed by atoms with Crippen LogP contribution in [0, 0.1) is 0 Å². The second-order valence-corrected chi connectivity index (χ2v) is 7.69. The molecule has 0 aromatic heterocycles. The molecule has 1 aromatic carbocycles. The van der Waals surface area contributed by atoms with Crippen molar-refractivity contribution < 1.29 is 14.4 Å². The van der Waals surface area contributed by atoms with Crippen LogP contribution in [0.3, 0.4) is 0 Å². The zero-order chi connectivity index (χ0) is 19.4. The highest BCUT2D eigenvalue weighted by molar-refractivity contribution is 6.07. The van der Waals surface area contributed by atoms with Crippen LogP contribution in [0.2, 0.25) is 0 Å². The molecule has 27 heavy (non-hydrogen) atoms. The number of carbonyl (C=O) groups is 3. The summed E-state index contributed by atoms with van der Waals surface area (Å²) in [6, 6.07) is 7.15. The minimum absolute atomic E-state index is 0.111. The van der Waals surface area contributed by atoms with Crippen LogP contribution in [0.4, 0.5) is 15.3 Å². The monoisotopic (exact) mass is 372 g/mol. The van der Waals surface area contributed by atoms with Crippen molar-refractivity contribution in [2.24, 2.45) is 0 Å². The van der Waals surface area contributed by atoms with Gasteiger partial charge in [0.1, 0.15) is 5.54 Å². The summed E-state index contributed by atoms with van der Waals surface area (Å²) in [5.41, 5.74) is 1.29. The highest BCUT2D eigenvalue weighted by Crippen LogP contribution is 2.34. The predicted molar refractivity (Wildman–Crippen MR) is 104 cm³/mol. The number of nitrogens with zero attached hydrogens (tertiary/aromatic N) is 1. The van der Waals surface area contributed by atoms with Crippen LogP contribution in [-0.4, -0.2) is 41.5 Å². The van der Waals surface area contributed by atoms with E-state index in [2.05, 4.69) is 29.8 Å². The van der Waals surface area contributed by atoms with Crippen molar-refractivity contribution in [2.45, 2.75) is 57.4 Å². The Balaban J connectivity index is 1.40. The van der Waals surface area contributed by atoms with Gasteiger partial charge in [0.2, 0.25) is 0 Å². The van der Waals surface area contributed by atoms with E-state index in [0.29, 0.717) is 25.4 Å². The molecule has 1 aliphatic heterocycles. The average Bonchev–Trinajstić information content (AvgIpc) is 3.19.